The molecule has 2 aromatic heterocycles. The third kappa shape index (κ3) is 4.22. The highest BCUT2D eigenvalue weighted by Gasteiger charge is 2.23. The molecule has 7 heteroatoms. The number of fused-ring (bicyclic) bond motifs is 1. The first-order valence-electron chi connectivity index (χ1n) is 11.1. The summed E-state index contributed by atoms with van der Waals surface area (Å²) in [6.07, 6.45) is 3.28. The van der Waals surface area contributed by atoms with Crippen LogP contribution in [0, 0.1) is 0 Å². The fraction of sp³-hybridized carbons (Fsp3) is 0.231. The Morgan fingerprint density at radius 3 is 2.45 bits per heavy atom. The van der Waals surface area contributed by atoms with Crippen LogP contribution in [-0.4, -0.2) is 44.2 Å². The average Bonchev–Trinajstić information content (AvgIpc) is 3.40. The summed E-state index contributed by atoms with van der Waals surface area (Å²) in [7, 11) is 1.71. The smallest absolute Gasteiger partial charge is 0.253 e. The van der Waals surface area contributed by atoms with Crippen molar-refractivity contribution >= 4 is 28.2 Å². The van der Waals surface area contributed by atoms with Crippen LogP contribution in [0.3, 0.4) is 0 Å². The van der Waals surface area contributed by atoms with E-state index in [0.29, 0.717) is 17.9 Å². The third-order valence-electron chi connectivity index (χ3n) is 6.03. The van der Waals surface area contributed by atoms with Crippen molar-refractivity contribution in [3.05, 3.63) is 84.4 Å². The van der Waals surface area contributed by atoms with Gasteiger partial charge in [0.1, 0.15) is 17.3 Å². The minimum absolute atomic E-state index is 0.164. The number of pyridine rings is 1. The molecular weight excluding hydrogens is 416 g/mol. The highest BCUT2D eigenvalue weighted by molar-refractivity contribution is 6.09. The van der Waals surface area contributed by atoms with Gasteiger partial charge in [-0.05, 0) is 29.7 Å². The lowest BCUT2D eigenvalue weighted by atomic mass is 10.1. The van der Waals surface area contributed by atoms with Gasteiger partial charge in [0.2, 0.25) is 0 Å². The number of nitrogens with one attached hydrogen (secondary N) is 1. The number of amides is 1. The summed E-state index contributed by atoms with van der Waals surface area (Å²) in [5.41, 5.74) is 1.68. The Morgan fingerprint density at radius 1 is 0.970 bits per heavy atom. The van der Waals surface area contributed by atoms with Gasteiger partial charge >= 0.3 is 0 Å². The zero-order chi connectivity index (χ0) is 22.6. The molecule has 1 N–H and O–H groups in total. The fourth-order valence-corrected chi connectivity index (χ4v) is 4.34. The Hall–Kier alpha value is -4.00. The van der Waals surface area contributed by atoms with E-state index in [2.05, 4.69) is 21.2 Å². The molecule has 5 rings (SSSR count). The van der Waals surface area contributed by atoms with Crippen molar-refractivity contribution < 1.29 is 13.9 Å². The van der Waals surface area contributed by atoms with Crippen molar-refractivity contribution in [3.8, 4) is 5.75 Å². The quantitative estimate of drug-likeness (QED) is 0.485. The molecule has 1 aliphatic heterocycles. The second-order valence-corrected chi connectivity index (χ2v) is 7.95. The number of carbonyl (C=O) groups is 1. The average molecular weight is 443 g/mol. The predicted octanol–water partition coefficient (Wildman–Crippen LogP) is 4.09. The van der Waals surface area contributed by atoms with Crippen LogP contribution in [0.15, 0.2) is 77.5 Å². The van der Waals surface area contributed by atoms with Crippen LogP contribution < -0.4 is 19.9 Å². The standard InChI is InChI=1S/C26H26N4O3/c1-32-24-11-5-4-10-23(24)29-12-14-30(15-13-29)25-21-9-3-2-8-20(21)22(18-27-25)26(31)28-17-19-7-6-16-33-19/h2-11,16,18H,12-15,17H2,1H3,(H,28,31). The zero-order valence-electron chi connectivity index (χ0n) is 18.5. The summed E-state index contributed by atoms with van der Waals surface area (Å²) in [6, 6.07) is 19.7. The van der Waals surface area contributed by atoms with Crippen LogP contribution in [0.25, 0.3) is 10.8 Å². The van der Waals surface area contributed by atoms with Gasteiger partial charge in [-0.15, -0.1) is 0 Å². The van der Waals surface area contributed by atoms with Crippen molar-refractivity contribution in [1.82, 2.24) is 10.3 Å². The number of nitrogens with zero attached hydrogens (tertiary/aromatic N) is 3. The molecule has 1 aliphatic rings. The van der Waals surface area contributed by atoms with Crippen molar-refractivity contribution in [1.29, 1.82) is 0 Å². The molecule has 0 bridgehead atoms. The molecule has 7 nitrogen and oxygen atoms in total. The molecule has 0 aliphatic carbocycles. The molecule has 33 heavy (non-hydrogen) atoms. The molecule has 4 aromatic rings. The molecule has 2 aromatic carbocycles. The molecule has 1 amide bonds. The van der Waals surface area contributed by atoms with Crippen LogP contribution in [0.1, 0.15) is 16.1 Å². The number of piperazine rings is 1. The first-order chi connectivity index (χ1) is 16.2. The van der Waals surface area contributed by atoms with Gasteiger partial charge in [-0.25, -0.2) is 4.98 Å². The van der Waals surface area contributed by atoms with Gasteiger partial charge in [-0.2, -0.15) is 0 Å². The summed E-state index contributed by atoms with van der Waals surface area (Å²) in [5, 5.41) is 4.80. The SMILES string of the molecule is COc1ccccc1N1CCN(c2ncc(C(=O)NCc3ccco3)c3ccccc23)CC1. The maximum Gasteiger partial charge on any atom is 0.253 e. The maximum atomic E-state index is 12.9. The van der Waals surface area contributed by atoms with Gasteiger partial charge in [0.15, 0.2) is 0 Å². The van der Waals surface area contributed by atoms with Gasteiger partial charge in [0.25, 0.3) is 5.91 Å². The number of anilines is 2. The number of benzene rings is 2. The van der Waals surface area contributed by atoms with Crippen LogP contribution >= 0.6 is 0 Å². The summed E-state index contributed by atoms with van der Waals surface area (Å²) in [5.74, 6) is 2.35. The number of hydrogen-bond acceptors (Lipinski definition) is 6. The van der Waals surface area contributed by atoms with Gasteiger partial charge in [-0.3, -0.25) is 4.79 Å². The van der Waals surface area contributed by atoms with E-state index in [1.165, 1.54) is 0 Å². The number of hydrogen-bond donors (Lipinski definition) is 1. The molecule has 3 heterocycles. The van der Waals surface area contributed by atoms with E-state index in [1.807, 2.05) is 48.5 Å². The van der Waals surface area contributed by atoms with Gasteiger partial charge in [-0.1, -0.05) is 36.4 Å². The third-order valence-corrected chi connectivity index (χ3v) is 6.03. The van der Waals surface area contributed by atoms with Crippen LogP contribution in [0.5, 0.6) is 5.75 Å². The maximum absolute atomic E-state index is 12.9. The Labute approximate surface area is 192 Å². The Morgan fingerprint density at radius 2 is 1.70 bits per heavy atom. The lowest BCUT2D eigenvalue weighted by molar-refractivity contribution is 0.0949. The van der Waals surface area contributed by atoms with Gasteiger partial charge in [0, 0.05) is 37.8 Å². The number of furan rings is 1. The van der Waals surface area contributed by atoms with E-state index in [4.69, 9.17) is 14.1 Å². The Kier molecular flexibility index (Phi) is 5.85. The summed E-state index contributed by atoms with van der Waals surface area (Å²) < 4.78 is 10.8. The van der Waals surface area contributed by atoms with E-state index in [1.54, 1.807) is 25.6 Å². The van der Waals surface area contributed by atoms with Crippen molar-refractivity contribution in [2.75, 3.05) is 43.1 Å². The highest BCUT2D eigenvalue weighted by Crippen LogP contribution is 2.31. The number of para-hydroxylation sites is 2. The van der Waals surface area contributed by atoms with E-state index in [0.717, 1.165) is 54.2 Å². The Balaban J connectivity index is 1.35. The highest BCUT2D eigenvalue weighted by atomic mass is 16.5. The largest absolute Gasteiger partial charge is 0.495 e. The second-order valence-electron chi connectivity index (χ2n) is 7.95. The van der Waals surface area contributed by atoms with Crippen molar-refractivity contribution in [2.24, 2.45) is 0 Å². The van der Waals surface area contributed by atoms with Crippen molar-refractivity contribution in [3.63, 3.8) is 0 Å². The summed E-state index contributed by atoms with van der Waals surface area (Å²) >= 11 is 0. The molecule has 0 spiro atoms. The molecule has 0 radical (unpaired) electrons. The number of methoxy groups -OCH3 is 1. The van der Waals surface area contributed by atoms with E-state index in [-0.39, 0.29) is 5.91 Å². The molecule has 168 valence electrons. The first-order valence-corrected chi connectivity index (χ1v) is 11.1. The molecule has 0 unspecified atom stereocenters. The first kappa shape index (κ1) is 20.9. The number of aromatic nitrogens is 1. The molecule has 0 saturated carbocycles. The summed E-state index contributed by atoms with van der Waals surface area (Å²) in [4.78, 5) is 22.2. The lowest BCUT2D eigenvalue weighted by Crippen LogP contribution is -2.47. The van der Waals surface area contributed by atoms with E-state index < -0.39 is 0 Å². The van der Waals surface area contributed by atoms with Gasteiger partial charge < -0.3 is 24.3 Å². The lowest BCUT2D eigenvalue weighted by Gasteiger charge is -2.37. The Bertz CT molecular complexity index is 1250. The van der Waals surface area contributed by atoms with Crippen LogP contribution in [0.4, 0.5) is 11.5 Å². The number of carbonyl (C=O) groups excluding carboxylic acids is 1. The fourth-order valence-electron chi connectivity index (χ4n) is 4.34. The van der Waals surface area contributed by atoms with Gasteiger partial charge in [0.05, 0.1) is 31.2 Å². The zero-order valence-corrected chi connectivity index (χ0v) is 18.5. The minimum Gasteiger partial charge on any atom is -0.495 e. The summed E-state index contributed by atoms with van der Waals surface area (Å²) in [6.45, 7) is 3.73. The molecule has 1 saturated heterocycles. The van der Waals surface area contributed by atoms with Crippen LogP contribution in [0.2, 0.25) is 0 Å². The van der Waals surface area contributed by atoms with E-state index >= 15 is 0 Å². The second kappa shape index (κ2) is 9.24. The van der Waals surface area contributed by atoms with Crippen molar-refractivity contribution in [2.45, 2.75) is 6.54 Å². The topological polar surface area (TPSA) is 70.8 Å². The minimum atomic E-state index is -0.164. The number of rotatable bonds is 6. The predicted molar refractivity (Wildman–Crippen MR) is 129 cm³/mol. The molecule has 1 fully saturated rings. The number of ether oxygens (including phenoxy) is 1. The normalized spacial score (nSPS) is 13.8. The van der Waals surface area contributed by atoms with E-state index in [9.17, 15) is 4.79 Å². The molecular formula is C26H26N4O3. The van der Waals surface area contributed by atoms with Crippen LogP contribution in [-0.2, 0) is 6.54 Å². The molecule has 0 atom stereocenters. The monoisotopic (exact) mass is 442 g/mol.